The largest absolute Gasteiger partial charge is 0.352 e. The SMILES string of the molecule is Cc1cc(C)c(C(=O)NCCCc2ncc[nH]2)c(C)c1. The molecule has 1 heterocycles. The molecule has 4 heteroatoms. The summed E-state index contributed by atoms with van der Waals surface area (Å²) in [6.07, 6.45) is 5.28. The molecular formula is C16H21N3O. The first-order valence-electron chi connectivity index (χ1n) is 6.92. The van der Waals surface area contributed by atoms with Crippen LogP contribution in [0.5, 0.6) is 0 Å². The molecular weight excluding hydrogens is 250 g/mol. The third kappa shape index (κ3) is 3.47. The number of rotatable bonds is 5. The molecule has 0 aliphatic rings. The average molecular weight is 271 g/mol. The van der Waals surface area contributed by atoms with E-state index in [4.69, 9.17) is 0 Å². The van der Waals surface area contributed by atoms with Crippen LogP contribution in [0.4, 0.5) is 0 Å². The Morgan fingerprint density at radius 2 is 1.95 bits per heavy atom. The zero-order valence-electron chi connectivity index (χ0n) is 12.3. The molecule has 1 aromatic carbocycles. The highest BCUT2D eigenvalue weighted by molar-refractivity contribution is 5.97. The third-order valence-electron chi connectivity index (χ3n) is 3.33. The lowest BCUT2D eigenvalue weighted by atomic mass is 9.99. The van der Waals surface area contributed by atoms with Crippen molar-refractivity contribution in [2.24, 2.45) is 0 Å². The topological polar surface area (TPSA) is 57.8 Å². The Kier molecular flexibility index (Phi) is 4.56. The molecule has 20 heavy (non-hydrogen) atoms. The molecule has 0 saturated heterocycles. The van der Waals surface area contributed by atoms with E-state index >= 15 is 0 Å². The molecule has 106 valence electrons. The zero-order valence-corrected chi connectivity index (χ0v) is 12.3. The van der Waals surface area contributed by atoms with E-state index in [0.717, 1.165) is 35.4 Å². The van der Waals surface area contributed by atoms with Crippen LogP contribution >= 0.6 is 0 Å². The van der Waals surface area contributed by atoms with E-state index in [-0.39, 0.29) is 5.91 Å². The summed E-state index contributed by atoms with van der Waals surface area (Å²) in [6.45, 7) is 6.67. The first-order chi connectivity index (χ1) is 9.58. The van der Waals surface area contributed by atoms with E-state index in [1.54, 1.807) is 6.20 Å². The van der Waals surface area contributed by atoms with E-state index in [1.165, 1.54) is 5.56 Å². The van der Waals surface area contributed by atoms with Gasteiger partial charge < -0.3 is 10.3 Å². The number of benzene rings is 1. The van der Waals surface area contributed by atoms with E-state index in [2.05, 4.69) is 15.3 Å². The Balaban J connectivity index is 1.89. The molecule has 1 amide bonds. The minimum Gasteiger partial charge on any atom is -0.352 e. The van der Waals surface area contributed by atoms with Crippen LogP contribution in [0.2, 0.25) is 0 Å². The molecule has 0 spiro atoms. The minimum absolute atomic E-state index is 0.0134. The van der Waals surface area contributed by atoms with Crippen LogP contribution in [0.3, 0.4) is 0 Å². The van der Waals surface area contributed by atoms with Gasteiger partial charge in [0, 0.05) is 30.9 Å². The number of aromatic nitrogens is 2. The number of nitrogens with zero attached hydrogens (tertiary/aromatic N) is 1. The number of carbonyl (C=O) groups is 1. The summed E-state index contributed by atoms with van der Waals surface area (Å²) in [7, 11) is 0. The second kappa shape index (κ2) is 6.37. The van der Waals surface area contributed by atoms with Crippen molar-refractivity contribution in [3.8, 4) is 0 Å². The number of aryl methyl sites for hydroxylation is 4. The lowest BCUT2D eigenvalue weighted by Gasteiger charge is -2.11. The molecule has 0 radical (unpaired) electrons. The molecule has 0 saturated carbocycles. The quantitative estimate of drug-likeness (QED) is 0.821. The van der Waals surface area contributed by atoms with Gasteiger partial charge >= 0.3 is 0 Å². The Morgan fingerprint density at radius 1 is 1.25 bits per heavy atom. The smallest absolute Gasteiger partial charge is 0.251 e. The Hall–Kier alpha value is -2.10. The standard InChI is InChI=1S/C16H21N3O/c1-11-9-12(2)15(13(3)10-11)16(20)19-6-4-5-14-17-7-8-18-14/h7-10H,4-6H2,1-3H3,(H,17,18)(H,19,20). The van der Waals surface area contributed by atoms with Gasteiger partial charge in [-0.05, 0) is 38.3 Å². The molecule has 2 N–H and O–H groups in total. The van der Waals surface area contributed by atoms with E-state index in [9.17, 15) is 4.79 Å². The van der Waals surface area contributed by atoms with Gasteiger partial charge in [-0.2, -0.15) is 0 Å². The van der Waals surface area contributed by atoms with Crippen molar-refractivity contribution in [3.05, 3.63) is 52.6 Å². The average Bonchev–Trinajstić information content (AvgIpc) is 2.86. The Labute approximate surface area is 119 Å². The fourth-order valence-corrected chi connectivity index (χ4v) is 2.52. The minimum atomic E-state index is 0.0134. The van der Waals surface area contributed by atoms with Gasteiger partial charge in [-0.25, -0.2) is 4.98 Å². The highest BCUT2D eigenvalue weighted by atomic mass is 16.1. The van der Waals surface area contributed by atoms with Gasteiger partial charge in [-0.3, -0.25) is 4.79 Å². The summed E-state index contributed by atoms with van der Waals surface area (Å²) >= 11 is 0. The summed E-state index contributed by atoms with van der Waals surface area (Å²) in [4.78, 5) is 19.4. The lowest BCUT2D eigenvalue weighted by Crippen LogP contribution is -2.26. The van der Waals surface area contributed by atoms with Crippen LogP contribution in [0.25, 0.3) is 0 Å². The Morgan fingerprint density at radius 3 is 2.55 bits per heavy atom. The lowest BCUT2D eigenvalue weighted by molar-refractivity contribution is 0.0952. The fourth-order valence-electron chi connectivity index (χ4n) is 2.52. The molecule has 4 nitrogen and oxygen atoms in total. The van der Waals surface area contributed by atoms with E-state index < -0.39 is 0 Å². The van der Waals surface area contributed by atoms with Gasteiger partial charge in [-0.15, -0.1) is 0 Å². The van der Waals surface area contributed by atoms with Crippen molar-refractivity contribution < 1.29 is 4.79 Å². The molecule has 0 bridgehead atoms. The van der Waals surface area contributed by atoms with E-state index in [0.29, 0.717) is 6.54 Å². The number of nitrogens with one attached hydrogen (secondary N) is 2. The highest BCUT2D eigenvalue weighted by Gasteiger charge is 2.12. The third-order valence-corrected chi connectivity index (χ3v) is 3.33. The monoisotopic (exact) mass is 271 g/mol. The maximum absolute atomic E-state index is 12.2. The number of H-pyrrole nitrogens is 1. The van der Waals surface area contributed by atoms with Gasteiger partial charge in [0.25, 0.3) is 5.91 Å². The molecule has 0 fully saturated rings. The number of imidazole rings is 1. The van der Waals surface area contributed by atoms with Gasteiger partial charge in [0.1, 0.15) is 5.82 Å². The van der Waals surface area contributed by atoms with Crippen molar-refractivity contribution in [1.29, 1.82) is 0 Å². The molecule has 2 rings (SSSR count). The number of hydrogen-bond donors (Lipinski definition) is 2. The summed E-state index contributed by atoms with van der Waals surface area (Å²) in [5, 5.41) is 2.98. The van der Waals surface area contributed by atoms with Gasteiger partial charge in [0.15, 0.2) is 0 Å². The van der Waals surface area contributed by atoms with Gasteiger partial charge in [0.05, 0.1) is 0 Å². The number of carbonyl (C=O) groups excluding carboxylic acids is 1. The molecule has 0 unspecified atom stereocenters. The van der Waals surface area contributed by atoms with Crippen molar-refractivity contribution >= 4 is 5.91 Å². The van der Waals surface area contributed by atoms with Crippen LogP contribution in [-0.2, 0) is 6.42 Å². The maximum Gasteiger partial charge on any atom is 0.251 e. The predicted molar refractivity (Wildman–Crippen MR) is 79.9 cm³/mol. The second-order valence-electron chi connectivity index (χ2n) is 5.17. The molecule has 0 aliphatic heterocycles. The van der Waals surface area contributed by atoms with Gasteiger partial charge in [-0.1, -0.05) is 17.7 Å². The van der Waals surface area contributed by atoms with E-state index in [1.807, 2.05) is 39.1 Å². The fraction of sp³-hybridized carbons (Fsp3) is 0.375. The first kappa shape index (κ1) is 14.3. The normalized spacial score (nSPS) is 10.6. The maximum atomic E-state index is 12.2. The van der Waals surface area contributed by atoms with Crippen LogP contribution in [0.15, 0.2) is 24.5 Å². The van der Waals surface area contributed by atoms with Crippen molar-refractivity contribution in [3.63, 3.8) is 0 Å². The van der Waals surface area contributed by atoms with Crippen LogP contribution in [0, 0.1) is 20.8 Å². The first-order valence-corrected chi connectivity index (χ1v) is 6.92. The second-order valence-corrected chi connectivity index (χ2v) is 5.17. The summed E-state index contributed by atoms with van der Waals surface area (Å²) in [6, 6.07) is 4.09. The predicted octanol–water partition coefficient (Wildman–Crippen LogP) is 2.70. The van der Waals surface area contributed by atoms with Crippen molar-refractivity contribution in [2.75, 3.05) is 6.54 Å². The summed E-state index contributed by atoms with van der Waals surface area (Å²) in [5.74, 6) is 0.974. The number of amides is 1. The van der Waals surface area contributed by atoms with Crippen molar-refractivity contribution in [1.82, 2.24) is 15.3 Å². The van der Waals surface area contributed by atoms with Crippen LogP contribution in [0.1, 0.15) is 39.3 Å². The highest BCUT2D eigenvalue weighted by Crippen LogP contribution is 2.16. The van der Waals surface area contributed by atoms with Gasteiger partial charge in [0.2, 0.25) is 0 Å². The molecule has 0 atom stereocenters. The molecule has 1 aromatic heterocycles. The molecule has 0 aliphatic carbocycles. The van der Waals surface area contributed by atoms with Crippen LogP contribution in [-0.4, -0.2) is 22.4 Å². The Bertz CT molecular complexity index is 565. The number of hydrogen-bond acceptors (Lipinski definition) is 2. The number of aromatic amines is 1. The summed E-state index contributed by atoms with van der Waals surface area (Å²) in [5.41, 5.74) is 4.06. The zero-order chi connectivity index (χ0) is 14.5. The summed E-state index contributed by atoms with van der Waals surface area (Å²) < 4.78 is 0. The van der Waals surface area contributed by atoms with Crippen molar-refractivity contribution in [2.45, 2.75) is 33.6 Å². The van der Waals surface area contributed by atoms with Crippen LogP contribution < -0.4 is 5.32 Å². The molecule has 2 aromatic rings.